The van der Waals surface area contributed by atoms with Gasteiger partial charge in [0.1, 0.15) is 0 Å². The Bertz CT molecular complexity index is 235. The summed E-state index contributed by atoms with van der Waals surface area (Å²) in [6.45, 7) is 5.30. The highest BCUT2D eigenvalue weighted by atomic mass is 32.2. The lowest BCUT2D eigenvalue weighted by Gasteiger charge is -2.27. The van der Waals surface area contributed by atoms with Crippen LogP contribution in [0.25, 0.3) is 0 Å². The average Bonchev–Trinajstić information content (AvgIpc) is 2.28. The molecule has 0 radical (unpaired) electrons. The second-order valence-electron chi connectivity index (χ2n) is 5.14. The molecule has 1 fully saturated rings. The van der Waals surface area contributed by atoms with E-state index in [1.54, 1.807) is 0 Å². The molecule has 3 N–H and O–H groups in total. The van der Waals surface area contributed by atoms with Gasteiger partial charge in [0.05, 0.1) is 6.04 Å². The number of carbonyl (C=O) groups is 1. The number of hydrogen-bond acceptors (Lipinski definition) is 3. The van der Waals surface area contributed by atoms with Crippen LogP contribution in [-0.4, -0.2) is 29.5 Å². The Hall–Kier alpha value is -0.220. The lowest BCUT2D eigenvalue weighted by atomic mass is 9.91. The van der Waals surface area contributed by atoms with Crippen LogP contribution in [0.4, 0.5) is 0 Å². The van der Waals surface area contributed by atoms with Crippen molar-refractivity contribution in [1.29, 1.82) is 0 Å². The summed E-state index contributed by atoms with van der Waals surface area (Å²) in [5.74, 6) is 1.46. The van der Waals surface area contributed by atoms with Gasteiger partial charge < -0.3 is 11.1 Å². The highest BCUT2D eigenvalue weighted by Gasteiger charge is 2.22. The maximum atomic E-state index is 11.3. The zero-order valence-corrected chi connectivity index (χ0v) is 11.9. The van der Waals surface area contributed by atoms with E-state index in [0.717, 1.165) is 29.9 Å². The van der Waals surface area contributed by atoms with E-state index in [-0.39, 0.29) is 11.9 Å². The molecule has 1 aliphatic carbocycles. The van der Waals surface area contributed by atoms with Gasteiger partial charge >= 0.3 is 0 Å². The lowest BCUT2D eigenvalue weighted by Crippen LogP contribution is -2.43. The van der Waals surface area contributed by atoms with Crippen LogP contribution in [0, 0.1) is 5.92 Å². The quantitative estimate of drug-likeness (QED) is 0.735. The Balaban J connectivity index is 2.27. The number of thioether (sulfide) groups is 1. The number of nitrogens with one attached hydrogen (secondary N) is 1. The van der Waals surface area contributed by atoms with Gasteiger partial charge in [-0.3, -0.25) is 4.79 Å². The van der Waals surface area contributed by atoms with Gasteiger partial charge in [-0.1, -0.05) is 26.7 Å². The Morgan fingerprint density at radius 3 is 2.88 bits per heavy atom. The van der Waals surface area contributed by atoms with Gasteiger partial charge in [-0.25, -0.2) is 0 Å². The van der Waals surface area contributed by atoms with Crippen molar-refractivity contribution in [3.63, 3.8) is 0 Å². The SMILES string of the molecule is CCCNC(CSC1CCCC(C)C1)C(N)=O. The molecule has 1 aliphatic rings. The van der Waals surface area contributed by atoms with Crippen LogP contribution in [0.5, 0.6) is 0 Å². The zero-order chi connectivity index (χ0) is 12.7. The first-order valence-electron chi connectivity index (χ1n) is 6.77. The van der Waals surface area contributed by atoms with Crippen LogP contribution in [0.15, 0.2) is 0 Å². The number of carbonyl (C=O) groups excluding carboxylic acids is 1. The van der Waals surface area contributed by atoms with E-state index in [1.807, 2.05) is 11.8 Å². The first-order chi connectivity index (χ1) is 8.13. The molecule has 0 bridgehead atoms. The molecule has 0 saturated heterocycles. The van der Waals surface area contributed by atoms with Crippen LogP contribution >= 0.6 is 11.8 Å². The Morgan fingerprint density at radius 2 is 2.29 bits per heavy atom. The van der Waals surface area contributed by atoms with Crippen molar-refractivity contribution >= 4 is 17.7 Å². The average molecular weight is 258 g/mol. The molecule has 1 saturated carbocycles. The van der Waals surface area contributed by atoms with E-state index in [1.165, 1.54) is 25.7 Å². The van der Waals surface area contributed by atoms with Gasteiger partial charge in [-0.15, -0.1) is 0 Å². The molecule has 0 aliphatic heterocycles. The number of nitrogens with two attached hydrogens (primary N) is 1. The van der Waals surface area contributed by atoms with Crippen LogP contribution < -0.4 is 11.1 Å². The molecule has 3 unspecified atom stereocenters. The molecule has 4 heteroatoms. The van der Waals surface area contributed by atoms with Crippen LogP contribution in [0.2, 0.25) is 0 Å². The van der Waals surface area contributed by atoms with Crippen LogP contribution in [-0.2, 0) is 4.79 Å². The molecule has 0 spiro atoms. The minimum Gasteiger partial charge on any atom is -0.368 e. The van der Waals surface area contributed by atoms with Crippen molar-refractivity contribution in [3.8, 4) is 0 Å². The molecular formula is C13H26N2OS. The van der Waals surface area contributed by atoms with Gasteiger partial charge in [0.2, 0.25) is 5.91 Å². The highest BCUT2D eigenvalue weighted by Crippen LogP contribution is 2.32. The predicted molar refractivity (Wildman–Crippen MR) is 75.2 cm³/mol. The minimum atomic E-state index is -0.213. The second kappa shape index (κ2) is 7.98. The fraction of sp³-hybridized carbons (Fsp3) is 0.923. The summed E-state index contributed by atoms with van der Waals surface area (Å²) in [5.41, 5.74) is 5.41. The Kier molecular flexibility index (Phi) is 6.97. The lowest BCUT2D eigenvalue weighted by molar-refractivity contribution is -0.119. The van der Waals surface area contributed by atoms with E-state index in [9.17, 15) is 4.79 Å². The van der Waals surface area contributed by atoms with Crippen molar-refractivity contribution in [1.82, 2.24) is 5.32 Å². The summed E-state index contributed by atoms with van der Waals surface area (Å²) in [6, 6.07) is -0.155. The molecule has 100 valence electrons. The molecule has 0 heterocycles. The Morgan fingerprint density at radius 1 is 1.53 bits per heavy atom. The molecule has 3 atom stereocenters. The molecule has 1 rings (SSSR count). The first kappa shape index (κ1) is 14.8. The number of primary amides is 1. The van der Waals surface area contributed by atoms with Crippen molar-refractivity contribution in [2.75, 3.05) is 12.3 Å². The third kappa shape index (κ3) is 5.77. The van der Waals surface area contributed by atoms with E-state index in [0.29, 0.717) is 0 Å². The summed E-state index contributed by atoms with van der Waals surface area (Å²) in [4.78, 5) is 11.3. The van der Waals surface area contributed by atoms with Crippen molar-refractivity contribution in [2.24, 2.45) is 11.7 Å². The predicted octanol–water partition coefficient (Wildman–Crippen LogP) is 2.15. The van der Waals surface area contributed by atoms with Crippen molar-refractivity contribution < 1.29 is 4.79 Å². The van der Waals surface area contributed by atoms with Gasteiger partial charge in [0.15, 0.2) is 0 Å². The van der Waals surface area contributed by atoms with Crippen LogP contribution in [0.1, 0.15) is 46.0 Å². The van der Waals surface area contributed by atoms with Gasteiger partial charge in [-0.2, -0.15) is 11.8 Å². The third-order valence-electron chi connectivity index (χ3n) is 3.37. The minimum absolute atomic E-state index is 0.155. The maximum absolute atomic E-state index is 11.3. The van der Waals surface area contributed by atoms with Crippen molar-refractivity contribution in [3.05, 3.63) is 0 Å². The largest absolute Gasteiger partial charge is 0.368 e. The van der Waals surface area contributed by atoms with Crippen molar-refractivity contribution in [2.45, 2.75) is 57.2 Å². The van der Waals surface area contributed by atoms with E-state index >= 15 is 0 Å². The monoisotopic (exact) mass is 258 g/mol. The summed E-state index contributed by atoms with van der Waals surface area (Å²) >= 11 is 1.92. The van der Waals surface area contributed by atoms with E-state index < -0.39 is 0 Å². The third-order valence-corrected chi connectivity index (χ3v) is 4.80. The fourth-order valence-electron chi connectivity index (χ4n) is 2.32. The van der Waals surface area contributed by atoms with Crippen LogP contribution in [0.3, 0.4) is 0 Å². The first-order valence-corrected chi connectivity index (χ1v) is 7.82. The summed E-state index contributed by atoms with van der Waals surface area (Å²) in [6.07, 6.45) is 6.33. The number of rotatable bonds is 7. The van der Waals surface area contributed by atoms with Gasteiger partial charge in [0, 0.05) is 11.0 Å². The van der Waals surface area contributed by atoms with E-state index in [2.05, 4.69) is 19.2 Å². The normalized spacial score (nSPS) is 26.7. The molecule has 3 nitrogen and oxygen atoms in total. The topological polar surface area (TPSA) is 55.1 Å². The maximum Gasteiger partial charge on any atom is 0.235 e. The summed E-state index contributed by atoms with van der Waals surface area (Å²) in [7, 11) is 0. The zero-order valence-electron chi connectivity index (χ0n) is 11.1. The molecule has 17 heavy (non-hydrogen) atoms. The highest BCUT2D eigenvalue weighted by molar-refractivity contribution is 7.99. The summed E-state index contributed by atoms with van der Waals surface area (Å²) < 4.78 is 0. The summed E-state index contributed by atoms with van der Waals surface area (Å²) in [5, 5.41) is 3.95. The Labute approximate surface area is 109 Å². The standard InChI is InChI=1S/C13H26N2OS/c1-3-7-15-12(13(14)16)9-17-11-6-4-5-10(2)8-11/h10-12,15H,3-9H2,1-2H3,(H2,14,16). The molecule has 1 amide bonds. The smallest absolute Gasteiger partial charge is 0.235 e. The molecule has 0 aromatic carbocycles. The molecule has 0 aromatic rings. The van der Waals surface area contributed by atoms with Gasteiger partial charge in [0.25, 0.3) is 0 Å². The van der Waals surface area contributed by atoms with Gasteiger partial charge in [-0.05, 0) is 31.7 Å². The fourth-order valence-corrected chi connectivity index (χ4v) is 3.87. The molecule has 0 aromatic heterocycles. The number of amides is 1. The number of hydrogen-bond donors (Lipinski definition) is 2. The second-order valence-corrected chi connectivity index (χ2v) is 6.47. The van der Waals surface area contributed by atoms with E-state index in [4.69, 9.17) is 5.73 Å². The molecular weight excluding hydrogens is 232 g/mol.